The Morgan fingerprint density at radius 1 is 1.00 bits per heavy atom. The molecule has 2 N–H and O–H groups in total. The van der Waals surface area contributed by atoms with Crippen molar-refractivity contribution in [2.24, 2.45) is 0 Å². The molecule has 0 radical (unpaired) electrons. The fourth-order valence-electron chi connectivity index (χ4n) is 0.354. The van der Waals surface area contributed by atoms with Gasteiger partial charge in [-0.25, -0.2) is 9.59 Å². The van der Waals surface area contributed by atoms with Crippen molar-refractivity contribution < 1.29 is 19.8 Å². The fourth-order valence-corrected chi connectivity index (χ4v) is 0.354. The second-order valence-electron chi connectivity index (χ2n) is 1.96. The molecule has 0 rings (SSSR count). The lowest BCUT2D eigenvalue weighted by atomic mass is 10.3. The molecule has 0 saturated heterocycles. The van der Waals surface area contributed by atoms with E-state index in [4.69, 9.17) is 19.8 Å². The third kappa shape index (κ3) is 17.6. The summed E-state index contributed by atoms with van der Waals surface area (Å²) in [6.45, 7) is 4.42. The van der Waals surface area contributed by atoms with Gasteiger partial charge in [-0.1, -0.05) is 33.1 Å². The average Bonchev–Trinajstić information content (AvgIpc) is 1.90. The van der Waals surface area contributed by atoms with Gasteiger partial charge in [0.25, 0.3) is 0 Å². The van der Waals surface area contributed by atoms with E-state index in [-0.39, 0.29) is 0 Å². The SMILES string of the molecule is CCCCC.O=C(O)C(=O)O. The van der Waals surface area contributed by atoms with Crippen molar-refractivity contribution in [1.82, 2.24) is 0 Å². The first kappa shape index (κ1) is 12.6. The lowest BCUT2D eigenvalue weighted by molar-refractivity contribution is -0.159. The second kappa shape index (κ2) is 8.94. The summed E-state index contributed by atoms with van der Waals surface area (Å²) in [6, 6.07) is 0. The summed E-state index contributed by atoms with van der Waals surface area (Å²) in [6.07, 6.45) is 4.08. The lowest BCUT2D eigenvalue weighted by Gasteiger charge is -1.79. The van der Waals surface area contributed by atoms with Crippen molar-refractivity contribution in [3.63, 3.8) is 0 Å². The highest BCUT2D eigenvalue weighted by atomic mass is 16.4. The molecule has 4 heteroatoms. The van der Waals surface area contributed by atoms with Crippen molar-refractivity contribution >= 4 is 11.9 Å². The first-order chi connectivity index (χ1) is 5.06. The zero-order chi connectivity index (χ0) is 9.28. The average molecular weight is 162 g/mol. The Bertz CT molecular complexity index is 106. The molecule has 0 saturated carbocycles. The molecule has 0 spiro atoms. The monoisotopic (exact) mass is 162 g/mol. The summed E-state index contributed by atoms with van der Waals surface area (Å²) < 4.78 is 0. The Morgan fingerprint density at radius 3 is 1.27 bits per heavy atom. The van der Waals surface area contributed by atoms with Gasteiger partial charge in [-0.3, -0.25) is 0 Å². The second-order valence-corrected chi connectivity index (χ2v) is 1.96. The van der Waals surface area contributed by atoms with Crippen LogP contribution >= 0.6 is 0 Å². The van der Waals surface area contributed by atoms with Gasteiger partial charge in [0.2, 0.25) is 0 Å². The molecular formula is C7H14O4. The minimum atomic E-state index is -1.82. The molecule has 0 unspecified atom stereocenters. The Hall–Kier alpha value is -1.06. The Kier molecular flexibility index (Phi) is 10.2. The van der Waals surface area contributed by atoms with Gasteiger partial charge in [0.1, 0.15) is 0 Å². The number of carbonyl (C=O) groups is 2. The number of carboxylic acid groups (broad SMARTS) is 2. The van der Waals surface area contributed by atoms with Crippen LogP contribution in [0.4, 0.5) is 0 Å². The maximum Gasteiger partial charge on any atom is 0.414 e. The van der Waals surface area contributed by atoms with Crippen molar-refractivity contribution in [2.45, 2.75) is 33.1 Å². The van der Waals surface area contributed by atoms with Crippen LogP contribution in [0.15, 0.2) is 0 Å². The minimum Gasteiger partial charge on any atom is -0.473 e. The van der Waals surface area contributed by atoms with E-state index in [0.29, 0.717) is 0 Å². The molecule has 0 aromatic rings. The van der Waals surface area contributed by atoms with Gasteiger partial charge in [-0.2, -0.15) is 0 Å². The summed E-state index contributed by atoms with van der Waals surface area (Å²) in [5, 5.41) is 14.8. The Balaban J connectivity index is 0. The normalized spacial score (nSPS) is 7.82. The predicted octanol–water partition coefficient (Wildman–Crippen LogP) is 1.35. The lowest BCUT2D eigenvalue weighted by Crippen LogP contribution is -2.09. The molecule has 0 bridgehead atoms. The Morgan fingerprint density at radius 2 is 1.27 bits per heavy atom. The fraction of sp³-hybridized carbons (Fsp3) is 0.714. The number of rotatable bonds is 2. The van der Waals surface area contributed by atoms with Crippen molar-refractivity contribution in [3.05, 3.63) is 0 Å². The van der Waals surface area contributed by atoms with Crippen LogP contribution < -0.4 is 0 Å². The van der Waals surface area contributed by atoms with Crippen LogP contribution in [0.3, 0.4) is 0 Å². The number of unbranched alkanes of at least 4 members (excludes halogenated alkanes) is 2. The Labute approximate surface area is 65.8 Å². The molecule has 0 fully saturated rings. The van der Waals surface area contributed by atoms with Crippen LogP contribution in [0.1, 0.15) is 33.1 Å². The van der Waals surface area contributed by atoms with E-state index >= 15 is 0 Å². The van der Waals surface area contributed by atoms with Gasteiger partial charge in [-0.15, -0.1) is 0 Å². The first-order valence-electron chi connectivity index (χ1n) is 3.52. The summed E-state index contributed by atoms with van der Waals surface area (Å²) in [5.41, 5.74) is 0. The van der Waals surface area contributed by atoms with Gasteiger partial charge >= 0.3 is 11.9 Å². The van der Waals surface area contributed by atoms with E-state index in [1.807, 2.05) is 0 Å². The molecule has 66 valence electrons. The number of hydrogen-bond acceptors (Lipinski definition) is 2. The highest BCUT2D eigenvalue weighted by molar-refractivity contribution is 6.27. The standard InChI is InChI=1S/C5H12.C2H2O4/c1-3-5-4-2;3-1(4)2(5)6/h3-5H2,1-2H3;(H,3,4)(H,5,6). The molecule has 0 atom stereocenters. The van der Waals surface area contributed by atoms with Crippen LogP contribution in [0.25, 0.3) is 0 Å². The molecule has 0 aromatic carbocycles. The van der Waals surface area contributed by atoms with E-state index in [1.165, 1.54) is 19.3 Å². The third-order valence-electron chi connectivity index (χ3n) is 0.890. The van der Waals surface area contributed by atoms with Gasteiger partial charge in [0.05, 0.1) is 0 Å². The highest BCUT2D eigenvalue weighted by Gasteiger charge is 2.04. The predicted molar refractivity (Wildman–Crippen MR) is 40.5 cm³/mol. The van der Waals surface area contributed by atoms with Crippen molar-refractivity contribution in [2.75, 3.05) is 0 Å². The number of carboxylic acids is 2. The van der Waals surface area contributed by atoms with E-state index in [2.05, 4.69) is 13.8 Å². The molecular weight excluding hydrogens is 148 g/mol. The van der Waals surface area contributed by atoms with Crippen LogP contribution in [0.5, 0.6) is 0 Å². The van der Waals surface area contributed by atoms with Gasteiger partial charge < -0.3 is 10.2 Å². The number of hydrogen-bond donors (Lipinski definition) is 2. The van der Waals surface area contributed by atoms with E-state index in [9.17, 15) is 0 Å². The van der Waals surface area contributed by atoms with E-state index in [1.54, 1.807) is 0 Å². The zero-order valence-electron chi connectivity index (χ0n) is 6.83. The van der Waals surface area contributed by atoms with Crippen LogP contribution in [-0.2, 0) is 9.59 Å². The van der Waals surface area contributed by atoms with E-state index in [0.717, 1.165) is 0 Å². The zero-order valence-corrected chi connectivity index (χ0v) is 6.83. The minimum absolute atomic E-state index is 1.34. The molecule has 0 heterocycles. The van der Waals surface area contributed by atoms with E-state index < -0.39 is 11.9 Å². The number of aliphatic carboxylic acids is 2. The third-order valence-corrected chi connectivity index (χ3v) is 0.890. The van der Waals surface area contributed by atoms with Crippen LogP contribution in [-0.4, -0.2) is 22.2 Å². The van der Waals surface area contributed by atoms with Gasteiger partial charge in [0, 0.05) is 0 Å². The van der Waals surface area contributed by atoms with Crippen LogP contribution in [0.2, 0.25) is 0 Å². The molecule has 0 aliphatic carbocycles. The summed E-state index contributed by atoms with van der Waals surface area (Å²) in [4.78, 5) is 18.2. The molecule has 0 aliphatic heterocycles. The summed E-state index contributed by atoms with van der Waals surface area (Å²) in [7, 11) is 0. The maximum atomic E-state index is 9.10. The molecule has 4 nitrogen and oxygen atoms in total. The van der Waals surface area contributed by atoms with Crippen molar-refractivity contribution in [3.8, 4) is 0 Å². The first-order valence-corrected chi connectivity index (χ1v) is 3.52. The largest absolute Gasteiger partial charge is 0.473 e. The molecule has 0 amide bonds. The smallest absolute Gasteiger partial charge is 0.414 e. The summed E-state index contributed by atoms with van der Waals surface area (Å²) >= 11 is 0. The van der Waals surface area contributed by atoms with Crippen LogP contribution in [0, 0.1) is 0 Å². The highest BCUT2D eigenvalue weighted by Crippen LogP contribution is 1.88. The maximum absolute atomic E-state index is 9.10. The van der Waals surface area contributed by atoms with Gasteiger partial charge in [0.15, 0.2) is 0 Å². The van der Waals surface area contributed by atoms with Gasteiger partial charge in [-0.05, 0) is 0 Å². The topological polar surface area (TPSA) is 74.6 Å². The molecule has 0 aliphatic rings. The molecule has 0 aromatic heterocycles. The quantitative estimate of drug-likeness (QED) is 0.601. The summed E-state index contributed by atoms with van der Waals surface area (Å²) in [5.74, 6) is -3.65. The van der Waals surface area contributed by atoms with Crippen molar-refractivity contribution in [1.29, 1.82) is 0 Å². The molecule has 11 heavy (non-hydrogen) atoms.